The number of para-hydroxylation sites is 2. The van der Waals surface area contributed by atoms with E-state index >= 15 is 0 Å². The van der Waals surface area contributed by atoms with Crippen LogP contribution in [0.3, 0.4) is 0 Å². The van der Waals surface area contributed by atoms with Crippen LogP contribution in [0, 0.1) is 5.92 Å². The average Bonchev–Trinajstić information content (AvgIpc) is 3.47. The Bertz CT molecular complexity index is 1150. The second kappa shape index (κ2) is 7.49. The Morgan fingerprint density at radius 3 is 2.83 bits per heavy atom. The van der Waals surface area contributed by atoms with Crippen LogP contribution in [0.1, 0.15) is 6.42 Å². The third-order valence-corrected chi connectivity index (χ3v) is 5.53. The van der Waals surface area contributed by atoms with Crippen LogP contribution in [-0.4, -0.2) is 34.9 Å². The number of hydrogen-bond donors (Lipinski definition) is 1. The minimum Gasteiger partial charge on any atom is -0.454 e. The van der Waals surface area contributed by atoms with E-state index in [0.29, 0.717) is 29.4 Å². The summed E-state index contributed by atoms with van der Waals surface area (Å²) >= 11 is 3.38. The van der Waals surface area contributed by atoms with Crippen LogP contribution in [0.15, 0.2) is 59.3 Å². The zero-order chi connectivity index (χ0) is 20.7. The highest BCUT2D eigenvalue weighted by Gasteiger charge is 2.36. The van der Waals surface area contributed by atoms with Crippen molar-refractivity contribution >= 4 is 39.1 Å². The van der Waals surface area contributed by atoms with Gasteiger partial charge in [0.1, 0.15) is 0 Å². The van der Waals surface area contributed by atoms with Gasteiger partial charge in [-0.15, -0.1) is 0 Å². The molecule has 1 atom stereocenters. The molecule has 9 heteroatoms. The Morgan fingerprint density at radius 1 is 1.17 bits per heavy atom. The number of amides is 2. The summed E-state index contributed by atoms with van der Waals surface area (Å²) in [5.74, 6) is 0.498. The molecule has 5 rings (SSSR count). The standard InChI is InChI=1S/C21H17BrN4O4/c22-14-9-23-26(11-14)17-4-2-1-3-16(17)24-21(28)13-7-20(27)25(10-13)15-5-6-18-19(8-15)30-12-29-18/h1-6,8-9,11,13H,7,10,12H2,(H,24,28). The summed E-state index contributed by atoms with van der Waals surface area (Å²) < 4.78 is 13.2. The van der Waals surface area contributed by atoms with E-state index in [-0.39, 0.29) is 25.0 Å². The molecule has 2 aromatic carbocycles. The monoisotopic (exact) mass is 468 g/mol. The molecule has 0 aliphatic carbocycles. The lowest BCUT2D eigenvalue weighted by molar-refractivity contribution is -0.122. The Morgan fingerprint density at radius 2 is 2.00 bits per heavy atom. The number of halogens is 1. The first kappa shape index (κ1) is 18.7. The third kappa shape index (κ3) is 3.41. The first-order valence-corrected chi connectivity index (χ1v) is 10.2. The maximum absolute atomic E-state index is 12.9. The minimum absolute atomic E-state index is 0.0988. The minimum atomic E-state index is -0.458. The van der Waals surface area contributed by atoms with Gasteiger partial charge in [-0.1, -0.05) is 12.1 Å². The van der Waals surface area contributed by atoms with E-state index in [2.05, 4.69) is 26.3 Å². The van der Waals surface area contributed by atoms with Gasteiger partial charge in [0.15, 0.2) is 11.5 Å². The van der Waals surface area contributed by atoms with Gasteiger partial charge in [-0.05, 0) is 40.2 Å². The van der Waals surface area contributed by atoms with Gasteiger partial charge < -0.3 is 19.7 Å². The number of benzene rings is 2. The van der Waals surface area contributed by atoms with Crippen LogP contribution in [0.25, 0.3) is 5.69 Å². The van der Waals surface area contributed by atoms with E-state index in [4.69, 9.17) is 9.47 Å². The number of aromatic nitrogens is 2. The van der Waals surface area contributed by atoms with Crippen LogP contribution in [0.2, 0.25) is 0 Å². The average molecular weight is 469 g/mol. The lowest BCUT2D eigenvalue weighted by atomic mass is 10.1. The predicted molar refractivity (Wildman–Crippen MR) is 113 cm³/mol. The lowest BCUT2D eigenvalue weighted by Crippen LogP contribution is -2.28. The van der Waals surface area contributed by atoms with Gasteiger partial charge in [0.05, 0.1) is 28.0 Å². The van der Waals surface area contributed by atoms with Crippen LogP contribution in [-0.2, 0) is 9.59 Å². The molecule has 2 aliphatic rings. The predicted octanol–water partition coefficient (Wildman–Crippen LogP) is 3.36. The van der Waals surface area contributed by atoms with Crippen molar-refractivity contribution in [1.82, 2.24) is 9.78 Å². The number of hydrogen-bond acceptors (Lipinski definition) is 5. The molecule has 1 saturated heterocycles. The van der Waals surface area contributed by atoms with E-state index in [1.807, 2.05) is 30.5 Å². The number of anilines is 2. The number of ether oxygens (including phenoxy) is 2. The maximum Gasteiger partial charge on any atom is 0.231 e. The Kier molecular flexibility index (Phi) is 4.66. The zero-order valence-corrected chi connectivity index (χ0v) is 17.3. The van der Waals surface area contributed by atoms with Crippen molar-refractivity contribution in [3.8, 4) is 17.2 Å². The molecule has 2 amide bonds. The van der Waals surface area contributed by atoms with E-state index in [0.717, 1.165) is 10.2 Å². The zero-order valence-electron chi connectivity index (χ0n) is 15.7. The largest absolute Gasteiger partial charge is 0.454 e. The smallest absolute Gasteiger partial charge is 0.231 e. The van der Waals surface area contributed by atoms with Crippen LogP contribution in [0.5, 0.6) is 11.5 Å². The van der Waals surface area contributed by atoms with Gasteiger partial charge in [-0.25, -0.2) is 4.68 Å². The van der Waals surface area contributed by atoms with Gasteiger partial charge >= 0.3 is 0 Å². The highest BCUT2D eigenvalue weighted by molar-refractivity contribution is 9.10. The van der Waals surface area contributed by atoms with E-state index in [9.17, 15) is 9.59 Å². The molecule has 0 radical (unpaired) electrons. The molecular formula is C21H17BrN4O4. The van der Waals surface area contributed by atoms with Crippen LogP contribution < -0.4 is 19.7 Å². The van der Waals surface area contributed by atoms with Gasteiger partial charge in [-0.2, -0.15) is 5.10 Å². The first-order chi connectivity index (χ1) is 14.6. The number of carbonyl (C=O) groups excluding carboxylic acids is 2. The summed E-state index contributed by atoms with van der Waals surface area (Å²) in [6, 6.07) is 12.7. The molecule has 3 aromatic rings. The fourth-order valence-electron chi connectivity index (χ4n) is 3.63. The highest BCUT2D eigenvalue weighted by atomic mass is 79.9. The molecule has 0 spiro atoms. The quantitative estimate of drug-likeness (QED) is 0.634. The molecule has 0 bridgehead atoms. The second-order valence-corrected chi connectivity index (χ2v) is 7.97. The van der Waals surface area contributed by atoms with Crippen molar-refractivity contribution in [3.63, 3.8) is 0 Å². The fourth-order valence-corrected chi connectivity index (χ4v) is 3.92. The first-order valence-electron chi connectivity index (χ1n) is 9.39. The normalized spacial score (nSPS) is 17.4. The Hall–Kier alpha value is -3.33. The molecular weight excluding hydrogens is 452 g/mol. The van der Waals surface area contributed by atoms with Crippen molar-refractivity contribution in [2.75, 3.05) is 23.6 Å². The van der Waals surface area contributed by atoms with Gasteiger partial charge in [-0.3, -0.25) is 9.59 Å². The van der Waals surface area contributed by atoms with Crippen molar-refractivity contribution in [1.29, 1.82) is 0 Å². The van der Waals surface area contributed by atoms with Crippen molar-refractivity contribution in [2.24, 2.45) is 5.92 Å². The molecule has 0 saturated carbocycles. The van der Waals surface area contributed by atoms with E-state index in [1.165, 1.54) is 0 Å². The molecule has 3 heterocycles. The number of nitrogens with zero attached hydrogens (tertiary/aromatic N) is 3. The summed E-state index contributed by atoms with van der Waals surface area (Å²) in [5, 5.41) is 7.23. The molecule has 2 aliphatic heterocycles. The Balaban J connectivity index is 1.33. The molecule has 1 unspecified atom stereocenters. The molecule has 8 nitrogen and oxygen atoms in total. The highest BCUT2D eigenvalue weighted by Crippen LogP contribution is 2.37. The van der Waals surface area contributed by atoms with E-state index < -0.39 is 5.92 Å². The number of carbonyl (C=O) groups is 2. The van der Waals surface area contributed by atoms with Gasteiger partial charge in [0.2, 0.25) is 18.6 Å². The second-order valence-electron chi connectivity index (χ2n) is 7.05. The van der Waals surface area contributed by atoms with E-state index in [1.54, 1.807) is 34.0 Å². The topological polar surface area (TPSA) is 85.7 Å². The number of rotatable bonds is 4. The summed E-state index contributed by atoms with van der Waals surface area (Å²) in [7, 11) is 0. The molecule has 30 heavy (non-hydrogen) atoms. The maximum atomic E-state index is 12.9. The fraction of sp³-hybridized carbons (Fsp3) is 0.190. The van der Waals surface area contributed by atoms with Gasteiger partial charge in [0.25, 0.3) is 0 Å². The summed E-state index contributed by atoms with van der Waals surface area (Å²) in [4.78, 5) is 27.1. The van der Waals surface area contributed by atoms with Crippen molar-refractivity contribution in [3.05, 3.63) is 59.3 Å². The van der Waals surface area contributed by atoms with Crippen molar-refractivity contribution in [2.45, 2.75) is 6.42 Å². The summed E-state index contributed by atoms with van der Waals surface area (Å²) in [6.07, 6.45) is 3.64. The van der Waals surface area contributed by atoms with Crippen LogP contribution in [0.4, 0.5) is 11.4 Å². The summed E-state index contributed by atoms with van der Waals surface area (Å²) in [5.41, 5.74) is 2.07. The molecule has 152 valence electrons. The number of nitrogens with one attached hydrogen (secondary N) is 1. The summed E-state index contributed by atoms with van der Waals surface area (Å²) in [6.45, 7) is 0.476. The molecule has 1 fully saturated rings. The number of fused-ring (bicyclic) bond motifs is 1. The van der Waals surface area contributed by atoms with Gasteiger partial charge in [0, 0.05) is 30.9 Å². The van der Waals surface area contributed by atoms with Crippen LogP contribution >= 0.6 is 15.9 Å². The molecule has 1 N–H and O–H groups in total. The third-order valence-electron chi connectivity index (χ3n) is 5.12. The van der Waals surface area contributed by atoms with Crippen molar-refractivity contribution < 1.29 is 19.1 Å². The SMILES string of the molecule is O=C(Nc1ccccc1-n1cc(Br)cn1)C1CC(=O)N(c2ccc3c(c2)OCO3)C1. The molecule has 1 aromatic heterocycles. The Labute approximate surface area is 180 Å². The lowest BCUT2D eigenvalue weighted by Gasteiger charge is -2.17.